The number of aromatic nitrogens is 1. The maximum absolute atomic E-state index is 10.9. The van der Waals surface area contributed by atoms with E-state index in [0.29, 0.717) is 25.3 Å². The molecule has 0 fully saturated rings. The molecule has 1 aromatic heterocycles. The summed E-state index contributed by atoms with van der Waals surface area (Å²) in [6.45, 7) is 2.65. The van der Waals surface area contributed by atoms with Crippen molar-refractivity contribution in [3.8, 4) is 0 Å². The maximum Gasteiger partial charge on any atom is 0.305 e. The van der Waals surface area contributed by atoms with Gasteiger partial charge in [-0.3, -0.25) is 4.79 Å². The molecule has 0 aliphatic carbocycles. The molecule has 1 atom stereocenters. The van der Waals surface area contributed by atoms with Gasteiger partial charge in [-0.05, 0) is 0 Å². The molecule has 1 rings (SSSR count). The Balaban J connectivity index is 2.49. The van der Waals surface area contributed by atoms with Crippen LogP contribution in [0.4, 0.5) is 0 Å². The summed E-state index contributed by atoms with van der Waals surface area (Å²) in [6.07, 6.45) is 1.02. The number of hydrogen-bond acceptors (Lipinski definition) is 5. The van der Waals surface area contributed by atoms with Crippen LogP contribution in [0.2, 0.25) is 0 Å². The number of hydrogen-bond donors (Lipinski definition) is 1. The van der Waals surface area contributed by atoms with E-state index in [1.165, 1.54) is 7.11 Å². The van der Waals surface area contributed by atoms with Crippen molar-refractivity contribution in [1.29, 1.82) is 0 Å². The van der Waals surface area contributed by atoms with Gasteiger partial charge >= 0.3 is 5.97 Å². The van der Waals surface area contributed by atoms with Crippen LogP contribution in [0.25, 0.3) is 0 Å². The van der Waals surface area contributed by atoms with Crippen LogP contribution in [-0.2, 0) is 16.0 Å². The van der Waals surface area contributed by atoms with Gasteiger partial charge in [0.1, 0.15) is 0 Å². The zero-order valence-corrected chi connectivity index (χ0v) is 9.84. The summed E-state index contributed by atoms with van der Waals surface area (Å²) in [4.78, 5) is 15.3. The van der Waals surface area contributed by atoms with Crippen LogP contribution in [0.15, 0.2) is 5.38 Å². The smallest absolute Gasteiger partial charge is 0.305 e. The standard InChI is InChI=1S/C10H16N2O2S/c1-7(5-11)10-12-8(6-15-10)3-4-9(13)14-2/h6-7H,3-5,11H2,1-2H3. The van der Waals surface area contributed by atoms with Gasteiger partial charge in [-0.1, -0.05) is 6.92 Å². The Hall–Kier alpha value is -0.940. The summed E-state index contributed by atoms with van der Waals surface area (Å²) >= 11 is 1.60. The fourth-order valence-electron chi connectivity index (χ4n) is 1.10. The third-order valence-corrected chi connectivity index (χ3v) is 3.28. The van der Waals surface area contributed by atoms with Gasteiger partial charge in [0.15, 0.2) is 0 Å². The van der Waals surface area contributed by atoms with Crippen molar-refractivity contribution in [2.45, 2.75) is 25.7 Å². The molecule has 5 heteroatoms. The van der Waals surface area contributed by atoms with Crippen molar-refractivity contribution in [3.63, 3.8) is 0 Å². The molecule has 0 bridgehead atoms. The number of nitrogens with two attached hydrogens (primary N) is 1. The van der Waals surface area contributed by atoms with E-state index in [1.54, 1.807) is 11.3 Å². The minimum absolute atomic E-state index is 0.198. The van der Waals surface area contributed by atoms with Crippen LogP contribution in [0.3, 0.4) is 0 Å². The Kier molecular flexibility index (Phi) is 4.71. The summed E-state index contributed by atoms with van der Waals surface area (Å²) < 4.78 is 4.56. The predicted molar refractivity (Wildman–Crippen MR) is 59.9 cm³/mol. The summed E-state index contributed by atoms with van der Waals surface area (Å²) in [5.41, 5.74) is 6.49. The molecule has 0 spiro atoms. The highest BCUT2D eigenvalue weighted by Gasteiger charge is 2.09. The van der Waals surface area contributed by atoms with E-state index < -0.39 is 0 Å². The number of nitrogens with zero attached hydrogens (tertiary/aromatic N) is 1. The van der Waals surface area contributed by atoms with Crippen LogP contribution in [0.1, 0.15) is 30.0 Å². The zero-order chi connectivity index (χ0) is 11.3. The Morgan fingerprint density at radius 2 is 2.47 bits per heavy atom. The number of carbonyl (C=O) groups is 1. The Labute approximate surface area is 93.5 Å². The van der Waals surface area contributed by atoms with Crippen molar-refractivity contribution in [2.24, 2.45) is 5.73 Å². The lowest BCUT2D eigenvalue weighted by Crippen LogP contribution is -2.08. The minimum Gasteiger partial charge on any atom is -0.469 e. The van der Waals surface area contributed by atoms with Gasteiger partial charge in [0.2, 0.25) is 0 Å². The van der Waals surface area contributed by atoms with Crippen molar-refractivity contribution < 1.29 is 9.53 Å². The third-order valence-electron chi connectivity index (χ3n) is 2.16. The zero-order valence-electron chi connectivity index (χ0n) is 9.03. The van der Waals surface area contributed by atoms with E-state index in [1.807, 2.05) is 12.3 Å². The van der Waals surface area contributed by atoms with Gasteiger partial charge < -0.3 is 10.5 Å². The number of aryl methyl sites for hydroxylation is 1. The summed E-state index contributed by atoms with van der Waals surface area (Å²) in [7, 11) is 1.39. The monoisotopic (exact) mass is 228 g/mol. The second kappa shape index (κ2) is 5.82. The molecule has 0 aromatic carbocycles. The molecular formula is C10H16N2O2S. The van der Waals surface area contributed by atoms with E-state index in [-0.39, 0.29) is 5.97 Å². The molecule has 4 nitrogen and oxygen atoms in total. The molecule has 0 saturated heterocycles. The molecule has 1 aromatic rings. The van der Waals surface area contributed by atoms with Crippen LogP contribution < -0.4 is 5.73 Å². The quantitative estimate of drug-likeness (QED) is 0.772. The SMILES string of the molecule is COC(=O)CCc1csc(C(C)CN)n1. The lowest BCUT2D eigenvalue weighted by atomic mass is 10.2. The first kappa shape index (κ1) is 12.1. The van der Waals surface area contributed by atoms with Gasteiger partial charge in [-0.25, -0.2) is 4.98 Å². The highest BCUT2D eigenvalue weighted by Crippen LogP contribution is 2.19. The Morgan fingerprint density at radius 3 is 3.07 bits per heavy atom. The highest BCUT2D eigenvalue weighted by molar-refractivity contribution is 7.09. The number of rotatable bonds is 5. The average molecular weight is 228 g/mol. The summed E-state index contributed by atoms with van der Waals surface area (Å²) in [6, 6.07) is 0. The lowest BCUT2D eigenvalue weighted by Gasteiger charge is -2.02. The molecule has 15 heavy (non-hydrogen) atoms. The summed E-state index contributed by atoms with van der Waals surface area (Å²) in [5.74, 6) is 0.0956. The molecule has 84 valence electrons. The summed E-state index contributed by atoms with van der Waals surface area (Å²) in [5, 5.41) is 3.02. The first-order valence-electron chi connectivity index (χ1n) is 4.88. The van der Waals surface area contributed by atoms with Gasteiger partial charge in [0.25, 0.3) is 0 Å². The molecular weight excluding hydrogens is 212 g/mol. The Morgan fingerprint density at radius 1 is 1.73 bits per heavy atom. The van der Waals surface area contributed by atoms with Gasteiger partial charge in [-0.2, -0.15) is 0 Å². The molecule has 1 unspecified atom stereocenters. The van der Waals surface area contributed by atoms with Gasteiger partial charge in [0.05, 0.1) is 24.2 Å². The van der Waals surface area contributed by atoms with Gasteiger partial charge in [0, 0.05) is 24.3 Å². The second-order valence-electron chi connectivity index (χ2n) is 3.39. The fourth-order valence-corrected chi connectivity index (χ4v) is 2.02. The maximum atomic E-state index is 10.9. The third kappa shape index (κ3) is 3.60. The lowest BCUT2D eigenvalue weighted by molar-refractivity contribution is -0.140. The van der Waals surface area contributed by atoms with E-state index in [4.69, 9.17) is 5.73 Å². The Bertz CT molecular complexity index is 325. The van der Waals surface area contributed by atoms with E-state index in [2.05, 4.69) is 9.72 Å². The second-order valence-corrected chi connectivity index (χ2v) is 4.28. The van der Waals surface area contributed by atoms with Crippen molar-refractivity contribution >= 4 is 17.3 Å². The van der Waals surface area contributed by atoms with E-state index in [0.717, 1.165) is 10.7 Å². The molecule has 2 N–H and O–H groups in total. The predicted octanol–water partition coefficient (Wildman–Crippen LogP) is 1.31. The molecule has 0 radical (unpaired) electrons. The number of esters is 1. The first-order chi connectivity index (χ1) is 7.17. The largest absolute Gasteiger partial charge is 0.469 e. The van der Waals surface area contributed by atoms with Crippen molar-refractivity contribution in [3.05, 3.63) is 16.1 Å². The highest BCUT2D eigenvalue weighted by atomic mass is 32.1. The molecule has 0 saturated carbocycles. The number of carbonyl (C=O) groups excluding carboxylic acids is 1. The number of methoxy groups -OCH3 is 1. The molecule has 0 aliphatic rings. The fraction of sp³-hybridized carbons (Fsp3) is 0.600. The topological polar surface area (TPSA) is 65.2 Å². The van der Waals surface area contributed by atoms with Crippen LogP contribution >= 0.6 is 11.3 Å². The van der Waals surface area contributed by atoms with E-state index in [9.17, 15) is 4.79 Å². The van der Waals surface area contributed by atoms with Crippen LogP contribution in [0.5, 0.6) is 0 Å². The average Bonchev–Trinajstić information content (AvgIpc) is 2.73. The first-order valence-corrected chi connectivity index (χ1v) is 5.76. The molecule has 1 heterocycles. The molecule has 0 amide bonds. The molecule has 0 aliphatic heterocycles. The van der Waals surface area contributed by atoms with Crippen LogP contribution in [-0.4, -0.2) is 24.6 Å². The van der Waals surface area contributed by atoms with Crippen molar-refractivity contribution in [1.82, 2.24) is 4.98 Å². The van der Waals surface area contributed by atoms with Crippen LogP contribution in [0, 0.1) is 0 Å². The number of ether oxygens (including phenoxy) is 1. The van der Waals surface area contributed by atoms with Crippen molar-refractivity contribution in [2.75, 3.05) is 13.7 Å². The normalized spacial score (nSPS) is 12.5. The van der Waals surface area contributed by atoms with Gasteiger partial charge in [-0.15, -0.1) is 11.3 Å². The minimum atomic E-state index is -0.198. The number of thiazole rings is 1. The van der Waals surface area contributed by atoms with E-state index >= 15 is 0 Å².